The molecule has 0 spiro atoms. The summed E-state index contributed by atoms with van der Waals surface area (Å²) < 4.78 is 10.1. The maximum Gasteiger partial charge on any atom is 0.193 e. The predicted octanol–water partition coefficient (Wildman–Crippen LogP) is 4.99. The van der Waals surface area contributed by atoms with Gasteiger partial charge in [-0.3, -0.25) is 4.79 Å². The fourth-order valence-electron chi connectivity index (χ4n) is 1.65. The van der Waals surface area contributed by atoms with Crippen molar-refractivity contribution >= 4 is 5.78 Å². The number of carbonyl (C=O) groups is 1. The van der Waals surface area contributed by atoms with Crippen LogP contribution in [0.1, 0.15) is 43.6 Å². The Kier molecular flexibility index (Phi) is 10.2. The first-order chi connectivity index (χ1) is 10.7. The molecule has 0 unspecified atom stereocenters. The Bertz CT molecular complexity index is 478. The first-order valence-electron chi connectivity index (χ1n) is 7.57. The van der Waals surface area contributed by atoms with E-state index in [1.807, 2.05) is 27.7 Å². The zero-order valence-electron chi connectivity index (χ0n) is 14.3. The highest BCUT2D eigenvalue weighted by Crippen LogP contribution is 2.17. The van der Waals surface area contributed by atoms with Crippen LogP contribution in [0.3, 0.4) is 0 Å². The van der Waals surface area contributed by atoms with Crippen molar-refractivity contribution in [3.63, 3.8) is 0 Å². The summed E-state index contributed by atoms with van der Waals surface area (Å²) in [6.07, 6.45) is 0. The molecule has 2 aromatic rings. The van der Waals surface area contributed by atoms with E-state index < -0.39 is 0 Å². The number of hydrogen-bond donors (Lipinski definition) is 0. The van der Waals surface area contributed by atoms with Crippen LogP contribution in [0.25, 0.3) is 0 Å². The minimum absolute atomic E-state index is 0.0136. The molecule has 2 rings (SSSR count). The van der Waals surface area contributed by atoms with Crippen molar-refractivity contribution in [1.29, 1.82) is 0 Å². The fourth-order valence-corrected chi connectivity index (χ4v) is 1.65. The van der Waals surface area contributed by atoms with Gasteiger partial charge in [-0.1, -0.05) is 27.7 Å². The molecule has 2 aromatic carbocycles. The molecule has 0 saturated carbocycles. The summed E-state index contributed by atoms with van der Waals surface area (Å²) in [6.45, 7) is 8.00. The van der Waals surface area contributed by atoms with Gasteiger partial charge in [-0.05, 0) is 48.5 Å². The van der Waals surface area contributed by atoms with Crippen LogP contribution in [0.5, 0.6) is 11.5 Å². The number of methoxy groups -OCH3 is 2. The highest BCUT2D eigenvalue weighted by atomic mass is 16.5. The first kappa shape index (κ1) is 19.7. The van der Waals surface area contributed by atoms with Crippen LogP contribution in [0.15, 0.2) is 48.5 Å². The van der Waals surface area contributed by atoms with Gasteiger partial charge in [0.05, 0.1) is 14.2 Å². The average molecular weight is 302 g/mol. The monoisotopic (exact) mass is 302 g/mol. The van der Waals surface area contributed by atoms with Gasteiger partial charge in [0.25, 0.3) is 0 Å². The third kappa shape index (κ3) is 5.60. The minimum atomic E-state index is -0.0136. The molecule has 0 amide bonds. The van der Waals surface area contributed by atoms with Crippen molar-refractivity contribution in [2.45, 2.75) is 27.7 Å². The van der Waals surface area contributed by atoms with Crippen LogP contribution in [0.4, 0.5) is 0 Å². The standard InChI is InChI=1S/C15H14O3.2C2H6/c1-17-13-7-3-11(4-8-13)15(16)12-5-9-14(18-2)10-6-12;2*1-2/h3-10H,1-2H3;2*1-2H3. The Hall–Kier alpha value is -2.29. The number of hydrogen-bond acceptors (Lipinski definition) is 3. The molecule has 0 aliphatic carbocycles. The number of benzene rings is 2. The molecule has 3 nitrogen and oxygen atoms in total. The molecule has 0 saturated heterocycles. The van der Waals surface area contributed by atoms with E-state index >= 15 is 0 Å². The van der Waals surface area contributed by atoms with Gasteiger partial charge < -0.3 is 9.47 Å². The summed E-state index contributed by atoms with van der Waals surface area (Å²) in [4.78, 5) is 12.2. The van der Waals surface area contributed by atoms with E-state index in [1.165, 1.54) is 0 Å². The molecule has 22 heavy (non-hydrogen) atoms. The lowest BCUT2D eigenvalue weighted by Crippen LogP contribution is -2.01. The maximum atomic E-state index is 12.2. The molecule has 0 aliphatic rings. The van der Waals surface area contributed by atoms with Gasteiger partial charge in [-0.15, -0.1) is 0 Å². The molecule has 0 heterocycles. The third-order valence-electron chi connectivity index (χ3n) is 2.70. The third-order valence-corrected chi connectivity index (χ3v) is 2.70. The van der Waals surface area contributed by atoms with Crippen LogP contribution >= 0.6 is 0 Å². The second kappa shape index (κ2) is 11.4. The Morgan fingerprint density at radius 1 is 0.636 bits per heavy atom. The van der Waals surface area contributed by atoms with Crippen LogP contribution in [-0.4, -0.2) is 20.0 Å². The normalized spacial score (nSPS) is 8.64. The summed E-state index contributed by atoms with van der Waals surface area (Å²) in [7, 11) is 3.20. The van der Waals surface area contributed by atoms with E-state index in [0.717, 1.165) is 11.5 Å². The fraction of sp³-hybridized carbons (Fsp3) is 0.316. The summed E-state index contributed by atoms with van der Waals surface area (Å²) in [5.74, 6) is 1.46. The van der Waals surface area contributed by atoms with Crippen molar-refractivity contribution in [2.75, 3.05) is 14.2 Å². The second-order valence-corrected chi connectivity index (χ2v) is 3.79. The van der Waals surface area contributed by atoms with Crippen molar-refractivity contribution in [3.8, 4) is 11.5 Å². The van der Waals surface area contributed by atoms with Crippen molar-refractivity contribution < 1.29 is 14.3 Å². The van der Waals surface area contributed by atoms with Gasteiger partial charge in [0.15, 0.2) is 5.78 Å². The number of ether oxygens (including phenoxy) is 2. The highest BCUT2D eigenvalue weighted by molar-refractivity contribution is 6.09. The van der Waals surface area contributed by atoms with E-state index in [9.17, 15) is 4.79 Å². The Labute approximate surface area is 133 Å². The largest absolute Gasteiger partial charge is 0.497 e. The quantitative estimate of drug-likeness (QED) is 0.747. The zero-order valence-corrected chi connectivity index (χ0v) is 14.3. The summed E-state index contributed by atoms with van der Waals surface area (Å²) in [5, 5.41) is 0. The number of rotatable bonds is 4. The molecule has 3 heteroatoms. The first-order valence-corrected chi connectivity index (χ1v) is 7.57. The van der Waals surface area contributed by atoms with Crippen molar-refractivity contribution in [3.05, 3.63) is 59.7 Å². The van der Waals surface area contributed by atoms with Gasteiger partial charge in [0, 0.05) is 11.1 Å². The minimum Gasteiger partial charge on any atom is -0.497 e. The van der Waals surface area contributed by atoms with Crippen molar-refractivity contribution in [1.82, 2.24) is 0 Å². The average Bonchev–Trinajstić information content (AvgIpc) is 2.64. The molecule has 0 aliphatic heterocycles. The van der Waals surface area contributed by atoms with E-state index in [0.29, 0.717) is 11.1 Å². The molecule has 0 bridgehead atoms. The summed E-state index contributed by atoms with van der Waals surface area (Å²) in [5.41, 5.74) is 1.28. The van der Waals surface area contributed by atoms with Crippen LogP contribution < -0.4 is 9.47 Å². The van der Waals surface area contributed by atoms with Gasteiger partial charge in [-0.2, -0.15) is 0 Å². The zero-order chi connectivity index (χ0) is 17.0. The van der Waals surface area contributed by atoms with E-state index in [4.69, 9.17) is 9.47 Å². The lowest BCUT2D eigenvalue weighted by Gasteiger charge is -2.04. The van der Waals surface area contributed by atoms with Gasteiger partial charge in [0.1, 0.15) is 11.5 Å². The maximum absolute atomic E-state index is 12.2. The van der Waals surface area contributed by atoms with Crippen LogP contribution in [0, 0.1) is 0 Å². The Morgan fingerprint density at radius 3 is 1.14 bits per heavy atom. The topological polar surface area (TPSA) is 35.5 Å². The SMILES string of the molecule is CC.CC.COc1ccc(C(=O)c2ccc(OC)cc2)cc1. The molecule has 0 fully saturated rings. The number of carbonyl (C=O) groups excluding carboxylic acids is 1. The molecule has 120 valence electrons. The lowest BCUT2D eigenvalue weighted by atomic mass is 10.0. The van der Waals surface area contributed by atoms with Gasteiger partial charge >= 0.3 is 0 Å². The van der Waals surface area contributed by atoms with E-state index in [2.05, 4.69) is 0 Å². The van der Waals surface area contributed by atoms with Crippen LogP contribution in [0.2, 0.25) is 0 Å². The molecular formula is C19H26O3. The molecule has 0 N–H and O–H groups in total. The Balaban J connectivity index is 0.00000102. The molecular weight excluding hydrogens is 276 g/mol. The van der Waals surface area contributed by atoms with E-state index in [1.54, 1.807) is 62.8 Å². The summed E-state index contributed by atoms with van der Waals surface area (Å²) >= 11 is 0. The lowest BCUT2D eigenvalue weighted by molar-refractivity contribution is 0.103. The van der Waals surface area contributed by atoms with E-state index in [-0.39, 0.29) is 5.78 Å². The van der Waals surface area contributed by atoms with Gasteiger partial charge in [0.2, 0.25) is 0 Å². The van der Waals surface area contributed by atoms with Crippen LogP contribution in [-0.2, 0) is 0 Å². The second-order valence-electron chi connectivity index (χ2n) is 3.79. The van der Waals surface area contributed by atoms with Crippen molar-refractivity contribution in [2.24, 2.45) is 0 Å². The predicted molar refractivity (Wildman–Crippen MR) is 92.1 cm³/mol. The summed E-state index contributed by atoms with van der Waals surface area (Å²) in [6, 6.07) is 14.1. The molecule has 0 atom stereocenters. The molecule has 0 aromatic heterocycles. The highest BCUT2D eigenvalue weighted by Gasteiger charge is 2.08. The van der Waals surface area contributed by atoms with Gasteiger partial charge in [-0.25, -0.2) is 0 Å². The Morgan fingerprint density at radius 2 is 0.909 bits per heavy atom. The smallest absolute Gasteiger partial charge is 0.193 e. The molecule has 0 radical (unpaired) electrons. The number of ketones is 1.